The van der Waals surface area contributed by atoms with Gasteiger partial charge in [0.2, 0.25) is 0 Å². The highest BCUT2D eigenvalue weighted by Gasteiger charge is 2.24. The molecule has 0 saturated carbocycles. The van der Waals surface area contributed by atoms with E-state index in [1.54, 1.807) is 6.07 Å². The van der Waals surface area contributed by atoms with Gasteiger partial charge in [-0.15, -0.1) is 5.10 Å². The second-order valence-corrected chi connectivity index (χ2v) is 9.12. The van der Waals surface area contributed by atoms with Crippen molar-refractivity contribution in [2.45, 2.75) is 33.2 Å². The Labute approximate surface area is 210 Å². The van der Waals surface area contributed by atoms with Crippen LogP contribution in [0.15, 0.2) is 36.4 Å². The normalized spacial score (nSPS) is 14.3. The van der Waals surface area contributed by atoms with Crippen LogP contribution in [0.2, 0.25) is 0 Å². The predicted octanol–water partition coefficient (Wildman–Crippen LogP) is 2.60. The second kappa shape index (κ2) is 11.5. The van der Waals surface area contributed by atoms with E-state index >= 15 is 0 Å². The Morgan fingerprint density at radius 1 is 1.11 bits per heavy atom. The van der Waals surface area contributed by atoms with Crippen molar-refractivity contribution in [1.29, 1.82) is 0 Å². The SMILES string of the molecule is CCNC(=O)c1nnn(-c2cc(C(C)C)c(O)cc2O)c1-c1ccc(CNCN2CCOCC2)cc1. The molecule has 4 N–H and O–H groups in total. The molecule has 0 radical (unpaired) electrons. The fourth-order valence-electron chi connectivity index (χ4n) is 4.22. The minimum Gasteiger partial charge on any atom is -0.508 e. The average Bonchev–Trinajstić information content (AvgIpc) is 3.30. The molecule has 2 aromatic carbocycles. The van der Waals surface area contributed by atoms with Gasteiger partial charge in [-0.25, -0.2) is 4.68 Å². The van der Waals surface area contributed by atoms with Crippen LogP contribution in [0, 0.1) is 0 Å². The first-order valence-corrected chi connectivity index (χ1v) is 12.3. The molecule has 0 atom stereocenters. The van der Waals surface area contributed by atoms with Gasteiger partial charge in [-0.1, -0.05) is 43.3 Å². The van der Waals surface area contributed by atoms with Crippen LogP contribution >= 0.6 is 0 Å². The van der Waals surface area contributed by atoms with Crippen molar-refractivity contribution in [3.63, 3.8) is 0 Å². The molecule has 1 fully saturated rings. The van der Waals surface area contributed by atoms with Gasteiger partial charge in [0.25, 0.3) is 5.91 Å². The number of aromatic hydroxyl groups is 2. The summed E-state index contributed by atoms with van der Waals surface area (Å²) in [7, 11) is 0. The maximum absolute atomic E-state index is 12.8. The number of carbonyl (C=O) groups is 1. The van der Waals surface area contributed by atoms with Crippen molar-refractivity contribution in [3.8, 4) is 28.4 Å². The standard InChI is InChI=1S/C26H34N6O4/c1-4-28-26(35)24-25(32(30-29-24)21-13-20(17(2)3)22(33)14-23(21)34)19-7-5-18(6-8-19)15-27-16-31-9-11-36-12-10-31/h5-8,13-14,17,27,33-34H,4,9-12,15-16H2,1-3H3,(H,28,35). The van der Waals surface area contributed by atoms with Crippen molar-refractivity contribution >= 4 is 5.91 Å². The van der Waals surface area contributed by atoms with Crippen LogP contribution in [-0.4, -0.2) is 75.5 Å². The van der Waals surface area contributed by atoms with E-state index in [1.807, 2.05) is 45.0 Å². The third-order valence-electron chi connectivity index (χ3n) is 6.19. The molecule has 2 heterocycles. The zero-order chi connectivity index (χ0) is 25.7. The van der Waals surface area contributed by atoms with Crippen LogP contribution < -0.4 is 10.6 Å². The van der Waals surface area contributed by atoms with Crippen LogP contribution in [0.3, 0.4) is 0 Å². The predicted molar refractivity (Wildman–Crippen MR) is 136 cm³/mol. The van der Waals surface area contributed by atoms with Gasteiger partial charge < -0.3 is 25.6 Å². The van der Waals surface area contributed by atoms with Gasteiger partial charge in [-0.05, 0) is 30.0 Å². The summed E-state index contributed by atoms with van der Waals surface area (Å²) in [4.78, 5) is 15.1. The summed E-state index contributed by atoms with van der Waals surface area (Å²) < 4.78 is 6.84. The molecular weight excluding hydrogens is 460 g/mol. The molecule has 3 aromatic rings. The molecule has 0 spiro atoms. The lowest BCUT2D eigenvalue weighted by atomic mass is 10.0. The molecule has 1 aromatic heterocycles. The van der Waals surface area contributed by atoms with Crippen molar-refractivity contribution in [3.05, 3.63) is 53.2 Å². The molecule has 0 aliphatic carbocycles. The summed E-state index contributed by atoms with van der Waals surface area (Å²) in [5.41, 5.74) is 3.45. The highest BCUT2D eigenvalue weighted by Crippen LogP contribution is 2.36. The molecule has 1 aliphatic rings. The summed E-state index contributed by atoms with van der Waals surface area (Å²) >= 11 is 0. The molecule has 4 rings (SSSR count). The molecule has 1 amide bonds. The van der Waals surface area contributed by atoms with Crippen molar-refractivity contribution < 1.29 is 19.7 Å². The van der Waals surface area contributed by atoms with Gasteiger partial charge in [0.15, 0.2) is 5.69 Å². The van der Waals surface area contributed by atoms with Crippen LogP contribution in [0.4, 0.5) is 0 Å². The quantitative estimate of drug-likeness (QED) is 0.358. The number of carbonyl (C=O) groups excluding carboxylic acids is 1. The summed E-state index contributed by atoms with van der Waals surface area (Å²) in [6.07, 6.45) is 0. The Morgan fingerprint density at radius 3 is 2.50 bits per heavy atom. The number of aromatic nitrogens is 3. The molecule has 0 bridgehead atoms. The van der Waals surface area contributed by atoms with E-state index in [0.717, 1.165) is 44.1 Å². The van der Waals surface area contributed by atoms with Gasteiger partial charge in [0.05, 0.1) is 13.2 Å². The lowest BCUT2D eigenvalue weighted by Crippen LogP contribution is -2.41. The number of nitrogens with zero attached hydrogens (tertiary/aromatic N) is 4. The summed E-state index contributed by atoms with van der Waals surface area (Å²) in [5, 5.41) is 35.5. The van der Waals surface area contributed by atoms with E-state index < -0.39 is 0 Å². The number of rotatable bonds is 9. The Balaban J connectivity index is 1.64. The summed E-state index contributed by atoms with van der Waals surface area (Å²) in [5.74, 6) is -0.485. The highest BCUT2D eigenvalue weighted by molar-refractivity contribution is 5.98. The minimum absolute atomic E-state index is 0.00537. The lowest BCUT2D eigenvalue weighted by Gasteiger charge is -2.26. The molecule has 1 aliphatic heterocycles. The fourth-order valence-corrected chi connectivity index (χ4v) is 4.22. The summed E-state index contributed by atoms with van der Waals surface area (Å²) in [6, 6.07) is 10.8. The number of phenolic OH excluding ortho intramolecular Hbond substituents is 2. The third-order valence-corrected chi connectivity index (χ3v) is 6.19. The Hall–Kier alpha value is -3.47. The zero-order valence-electron chi connectivity index (χ0n) is 21.0. The number of phenols is 2. The van der Waals surface area contributed by atoms with Crippen molar-refractivity contribution in [2.75, 3.05) is 39.5 Å². The Morgan fingerprint density at radius 2 is 1.83 bits per heavy atom. The van der Waals surface area contributed by atoms with Gasteiger partial charge in [0.1, 0.15) is 22.9 Å². The molecule has 192 valence electrons. The van der Waals surface area contributed by atoms with Gasteiger partial charge in [-0.2, -0.15) is 0 Å². The van der Waals surface area contributed by atoms with E-state index in [4.69, 9.17) is 4.74 Å². The highest BCUT2D eigenvalue weighted by atomic mass is 16.5. The number of hydrogen-bond acceptors (Lipinski definition) is 8. The van der Waals surface area contributed by atoms with Crippen LogP contribution in [0.1, 0.15) is 48.3 Å². The number of hydrogen-bond donors (Lipinski definition) is 4. The second-order valence-electron chi connectivity index (χ2n) is 9.12. The topological polar surface area (TPSA) is 125 Å². The monoisotopic (exact) mass is 494 g/mol. The first kappa shape index (κ1) is 25.6. The van der Waals surface area contributed by atoms with E-state index in [1.165, 1.54) is 10.7 Å². The maximum atomic E-state index is 12.8. The molecule has 10 nitrogen and oxygen atoms in total. The number of ether oxygens (including phenoxy) is 1. The average molecular weight is 495 g/mol. The number of amides is 1. The van der Waals surface area contributed by atoms with Crippen molar-refractivity contribution in [2.24, 2.45) is 0 Å². The first-order chi connectivity index (χ1) is 17.4. The number of nitrogens with one attached hydrogen (secondary N) is 2. The Bertz CT molecular complexity index is 1190. The third kappa shape index (κ3) is 5.67. The fraction of sp³-hybridized carbons (Fsp3) is 0.423. The van der Waals surface area contributed by atoms with E-state index in [-0.39, 0.29) is 29.0 Å². The minimum atomic E-state index is -0.350. The van der Waals surface area contributed by atoms with Gasteiger partial charge >= 0.3 is 0 Å². The van der Waals surface area contributed by atoms with Crippen LogP contribution in [-0.2, 0) is 11.3 Å². The lowest BCUT2D eigenvalue weighted by molar-refractivity contribution is 0.0340. The maximum Gasteiger partial charge on any atom is 0.274 e. The van der Waals surface area contributed by atoms with Crippen molar-refractivity contribution in [1.82, 2.24) is 30.5 Å². The molecular formula is C26H34N6O4. The Kier molecular flexibility index (Phi) is 8.19. The zero-order valence-corrected chi connectivity index (χ0v) is 21.0. The smallest absolute Gasteiger partial charge is 0.274 e. The molecule has 10 heteroatoms. The first-order valence-electron chi connectivity index (χ1n) is 12.3. The van der Waals surface area contributed by atoms with Gasteiger partial charge in [0, 0.05) is 44.5 Å². The van der Waals surface area contributed by atoms with Crippen LogP contribution in [0.25, 0.3) is 16.9 Å². The number of morpholine rings is 1. The summed E-state index contributed by atoms with van der Waals surface area (Å²) in [6.45, 7) is 11.1. The van der Waals surface area contributed by atoms with Gasteiger partial charge in [-0.3, -0.25) is 9.69 Å². The molecule has 1 saturated heterocycles. The largest absolute Gasteiger partial charge is 0.508 e. The molecule has 36 heavy (non-hydrogen) atoms. The number of benzene rings is 2. The molecule has 0 unspecified atom stereocenters. The van der Waals surface area contributed by atoms with E-state index in [9.17, 15) is 15.0 Å². The van der Waals surface area contributed by atoms with E-state index in [2.05, 4.69) is 25.8 Å². The van der Waals surface area contributed by atoms with E-state index in [0.29, 0.717) is 30.0 Å². The van der Waals surface area contributed by atoms with Crippen LogP contribution in [0.5, 0.6) is 11.5 Å².